The molecule has 0 atom stereocenters. The van der Waals surface area contributed by atoms with Crippen molar-refractivity contribution in [1.82, 2.24) is 0 Å². The number of rotatable bonds is 1. The molecular weight excluding hydrogens is 178 g/mol. The summed E-state index contributed by atoms with van der Waals surface area (Å²) in [5.74, 6) is -0.263. The zero-order chi connectivity index (χ0) is 8.55. The number of carboxylic acids is 1. The number of nitrogens with one attached hydrogen (secondary N) is 1. The fourth-order valence-electron chi connectivity index (χ4n) is 0.926. The van der Waals surface area contributed by atoms with E-state index in [0.717, 1.165) is 12.2 Å². The Morgan fingerprint density at radius 1 is 1.58 bits per heavy atom. The van der Waals surface area contributed by atoms with Crippen LogP contribution in [0, 0.1) is 0 Å². The van der Waals surface area contributed by atoms with Crippen LogP contribution in [0.5, 0.6) is 5.75 Å². The van der Waals surface area contributed by atoms with Gasteiger partial charge in [0, 0.05) is 0 Å². The molecule has 4 nitrogen and oxygen atoms in total. The van der Waals surface area contributed by atoms with Gasteiger partial charge in [0.15, 0.2) is 18.0 Å². The third-order valence-electron chi connectivity index (χ3n) is 1.51. The molecule has 0 saturated carbocycles. The van der Waals surface area contributed by atoms with Crippen molar-refractivity contribution >= 4 is 23.9 Å². The Morgan fingerprint density at radius 3 is 3.17 bits per heavy atom. The van der Waals surface area contributed by atoms with Crippen molar-refractivity contribution in [2.45, 2.75) is 0 Å². The van der Waals surface area contributed by atoms with E-state index in [1.54, 1.807) is 6.07 Å². The number of benzene rings is 1. The molecular formula is C7H5NO3S. The SMILES string of the molecule is O=C(O)c1ccc2c(c1)NSO2. The molecule has 0 aromatic heterocycles. The number of carboxylic acid groups (broad SMARTS) is 1. The van der Waals surface area contributed by atoms with Crippen molar-refractivity contribution in [3.8, 4) is 5.75 Å². The summed E-state index contributed by atoms with van der Waals surface area (Å²) < 4.78 is 7.87. The van der Waals surface area contributed by atoms with Crippen LogP contribution in [0.15, 0.2) is 18.2 Å². The molecule has 1 aliphatic rings. The molecule has 1 aromatic carbocycles. The lowest BCUT2D eigenvalue weighted by Crippen LogP contribution is -1.95. The van der Waals surface area contributed by atoms with Crippen molar-refractivity contribution in [3.05, 3.63) is 23.8 Å². The summed E-state index contributed by atoms with van der Waals surface area (Å²) in [6.07, 6.45) is 0. The molecule has 0 spiro atoms. The third kappa shape index (κ3) is 1.08. The molecule has 0 saturated heterocycles. The molecule has 62 valence electrons. The molecule has 0 radical (unpaired) electrons. The van der Waals surface area contributed by atoms with Crippen LogP contribution >= 0.6 is 12.2 Å². The quantitative estimate of drug-likeness (QED) is 0.513. The molecule has 2 rings (SSSR count). The van der Waals surface area contributed by atoms with Crippen LogP contribution in [0.25, 0.3) is 0 Å². The summed E-state index contributed by atoms with van der Waals surface area (Å²) in [5.41, 5.74) is 0.965. The number of carbonyl (C=O) groups is 1. The molecule has 2 N–H and O–H groups in total. The second-order valence-corrected chi connectivity index (χ2v) is 2.82. The van der Waals surface area contributed by atoms with E-state index in [9.17, 15) is 4.79 Å². The summed E-state index contributed by atoms with van der Waals surface area (Å²) in [7, 11) is 0. The van der Waals surface area contributed by atoms with Crippen LogP contribution in [0.2, 0.25) is 0 Å². The Balaban J connectivity index is 2.45. The Labute approximate surface area is 72.9 Å². The Hall–Kier alpha value is -1.36. The third-order valence-corrected chi connectivity index (χ3v) is 2.08. The summed E-state index contributed by atoms with van der Waals surface area (Å²) in [5, 5.41) is 8.64. The van der Waals surface area contributed by atoms with Gasteiger partial charge in [-0.1, -0.05) is 0 Å². The largest absolute Gasteiger partial charge is 0.478 e. The van der Waals surface area contributed by atoms with Gasteiger partial charge in [0.1, 0.15) is 0 Å². The summed E-state index contributed by atoms with van der Waals surface area (Å²) in [6, 6.07) is 4.68. The molecule has 0 unspecified atom stereocenters. The first-order valence-electron chi connectivity index (χ1n) is 3.24. The highest BCUT2D eigenvalue weighted by Crippen LogP contribution is 2.35. The average molecular weight is 183 g/mol. The van der Waals surface area contributed by atoms with Gasteiger partial charge in [-0.15, -0.1) is 0 Å². The molecule has 1 heterocycles. The number of hydrogen-bond donors (Lipinski definition) is 2. The van der Waals surface area contributed by atoms with Crippen LogP contribution in [0.3, 0.4) is 0 Å². The van der Waals surface area contributed by atoms with Gasteiger partial charge in [-0.2, -0.15) is 0 Å². The summed E-state index contributed by atoms with van der Waals surface area (Å²) in [6.45, 7) is 0. The van der Waals surface area contributed by atoms with Gasteiger partial charge in [-0.05, 0) is 18.2 Å². The molecule has 0 aliphatic carbocycles. The van der Waals surface area contributed by atoms with E-state index in [-0.39, 0.29) is 5.56 Å². The minimum absolute atomic E-state index is 0.257. The van der Waals surface area contributed by atoms with E-state index in [1.165, 1.54) is 12.1 Å². The van der Waals surface area contributed by atoms with E-state index in [4.69, 9.17) is 9.29 Å². The molecule has 1 aliphatic heterocycles. The van der Waals surface area contributed by atoms with Crippen LogP contribution < -0.4 is 8.91 Å². The van der Waals surface area contributed by atoms with E-state index in [1.807, 2.05) is 0 Å². The Morgan fingerprint density at radius 2 is 2.42 bits per heavy atom. The fourth-order valence-corrected chi connectivity index (χ4v) is 1.45. The lowest BCUT2D eigenvalue weighted by Gasteiger charge is -1.96. The lowest BCUT2D eigenvalue weighted by atomic mass is 10.2. The average Bonchev–Trinajstić information content (AvgIpc) is 2.49. The normalized spacial score (nSPS) is 13.0. The first kappa shape index (κ1) is 7.30. The molecule has 12 heavy (non-hydrogen) atoms. The van der Waals surface area contributed by atoms with Crippen molar-refractivity contribution in [2.75, 3.05) is 4.72 Å². The van der Waals surface area contributed by atoms with Crippen LogP contribution in [0.4, 0.5) is 5.69 Å². The maximum atomic E-state index is 10.5. The minimum atomic E-state index is -0.934. The topological polar surface area (TPSA) is 58.6 Å². The highest BCUT2D eigenvalue weighted by atomic mass is 32.2. The van der Waals surface area contributed by atoms with Crippen molar-refractivity contribution < 1.29 is 14.1 Å². The molecule has 0 fully saturated rings. The second kappa shape index (κ2) is 2.60. The van der Waals surface area contributed by atoms with Gasteiger partial charge in [0.25, 0.3) is 0 Å². The highest BCUT2D eigenvalue weighted by Gasteiger charge is 2.14. The minimum Gasteiger partial charge on any atom is -0.478 e. The maximum Gasteiger partial charge on any atom is 0.335 e. The van der Waals surface area contributed by atoms with Crippen molar-refractivity contribution in [1.29, 1.82) is 0 Å². The lowest BCUT2D eigenvalue weighted by molar-refractivity contribution is 0.0697. The highest BCUT2D eigenvalue weighted by molar-refractivity contribution is 7.96. The fraction of sp³-hybridized carbons (Fsp3) is 0. The smallest absolute Gasteiger partial charge is 0.335 e. The zero-order valence-corrected chi connectivity index (χ0v) is 6.72. The van der Waals surface area contributed by atoms with Crippen LogP contribution in [-0.4, -0.2) is 11.1 Å². The van der Waals surface area contributed by atoms with E-state index in [2.05, 4.69) is 4.72 Å². The Bertz CT molecular complexity index is 339. The van der Waals surface area contributed by atoms with Crippen molar-refractivity contribution in [3.63, 3.8) is 0 Å². The zero-order valence-electron chi connectivity index (χ0n) is 5.90. The summed E-state index contributed by atoms with van der Waals surface area (Å²) >= 11 is 1.08. The van der Waals surface area contributed by atoms with E-state index in [0.29, 0.717) is 11.4 Å². The van der Waals surface area contributed by atoms with Crippen molar-refractivity contribution in [2.24, 2.45) is 0 Å². The first-order valence-corrected chi connectivity index (χ1v) is 3.98. The number of fused-ring (bicyclic) bond motifs is 1. The first-order chi connectivity index (χ1) is 5.77. The Kier molecular flexibility index (Phi) is 1.58. The number of hydrogen-bond acceptors (Lipinski definition) is 4. The van der Waals surface area contributed by atoms with E-state index >= 15 is 0 Å². The molecule has 1 aromatic rings. The molecule has 0 amide bonds. The maximum absolute atomic E-state index is 10.5. The second-order valence-electron chi connectivity index (χ2n) is 2.28. The molecule has 5 heteroatoms. The van der Waals surface area contributed by atoms with Crippen LogP contribution in [-0.2, 0) is 0 Å². The van der Waals surface area contributed by atoms with Gasteiger partial charge in [0.2, 0.25) is 0 Å². The van der Waals surface area contributed by atoms with Gasteiger partial charge >= 0.3 is 5.97 Å². The number of aromatic carboxylic acids is 1. The standard InChI is InChI=1S/C7H5NO3S/c9-7(10)4-1-2-6-5(3-4)8-12-11-6/h1-3,8H,(H,9,10). The van der Waals surface area contributed by atoms with Crippen LogP contribution in [0.1, 0.15) is 10.4 Å². The van der Waals surface area contributed by atoms with E-state index < -0.39 is 5.97 Å². The number of anilines is 1. The van der Waals surface area contributed by atoms with Gasteiger partial charge in [-0.25, -0.2) is 4.79 Å². The molecule has 0 bridgehead atoms. The van der Waals surface area contributed by atoms with Gasteiger partial charge in [0.05, 0.1) is 11.3 Å². The predicted octanol–water partition coefficient (Wildman–Crippen LogP) is 1.75. The van der Waals surface area contributed by atoms with Gasteiger partial charge < -0.3 is 9.29 Å². The monoisotopic (exact) mass is 183 g/mol. The summed E-state index contributed by atoms with van der Waals surface area (Å²) in [4.78, 5) is 10.5. The van der Waals surface area contributed by atoms with Gasteiger partial charge in [-0.3, -0.25) is 4.72 Å². The predicted molar refractivity (Wildman–Crippen MR) is 45.2 cm³/mol.